The van der Waals surface area contributed by atoms with Crippen LogP contribution < -0.4 is 61.5 Å². The topological polar surface area (TPSA) is 19.4 Å². The molecule has 0 atom stereocenters. The maximum atomic E-state index is 2.61. The van der Waals surface area contributed by atoms with Crippen molar-refractivity contribution in [2.75, 3.05) is 29.4 Å². The molecule has 0 unspecified atom stereocenters. The first-order valence-electron chi connectivity index (χ1n) is 30.6. The van der Waals surface area contributed by atoms with Gasteiger partial charge >= 0.3 is 0 Å². The summed E-state index contributed by atoms with van der Waals surface area (Å²) in [5.74, 6) is 0. The number of rotatable bonds is 10. The van der Waals surface area contributed by atoms with Gasteiger partial charge in [0.05, 0.1) is 17.1 Å². The predicted octanol–water partition coefficient (Wildman–Crippen LogP) is 18.0. The lowest BCUT2D eigenvalue weighted by Gasteiger charge is -2.47. The van der Waals surface area contributed by atoms with E-state index in [1.165, 1.54) is 47.9 Å². The lowest BCUT2D eigenvalue weighted by atomic mass is 9.32. The summed E-state index contributed by atoms with van der Waals surface area (Å²) < 4.78 is 2.58. The molecule has 1 aromatic heterocycles. The Morgan fingerprint density at radius 2 is 0.573 bits per heavy atom. The van der Waals surface area contributed by atoms with Crippen LogP contribution in [0.4, 0.5) is 102 Å². The first kappa shape index (κ1) is 51.0. The van der Waals surface area contributed by atoms with Gasteiger partial charge in [-0.2, -0.15) is 0 Å². The van der Waals surface area contributed by atoms with E-state index in [2.05, 4.69) is 357 Å². The molecule has 0 N–H and O–H groups in total. The molecule has 0 spiro atoms. The zero-order valence-corrected chi connectivity index (χ0v) is 49.2. The fourth-order valence-electron chi connectivity index (χ4n) is 14.7. The lowest BCUT2D eigenvalue weighted by Crippen LogP contribution is -2.64. The van der Waals surface area contributed by atoms with Crippen LogP contribution in [0.5, 0.6) is 0 Å². The molecule has 13 aromatic carbocycles. The molecule has 14 aromatic rings. The van der Waals surface area contributed by atoms with Crippen molar-refractivity contribution in [2.24, 2.45) is 0 Å². The van der Waals surface area contributed by atoms with E-state index in [9.17, 15) is 0 Å². The van der Waals surface area contributed by atoms with Crippen LogP contribution in [0.2, 0.25) is 0 Å². The molecule has 0 bridgehead atoms. The fourth-order valence-corrected chi connectivity index (χ4v) is 16.0. The standard InChI is InChI=1S/C80H54B2N6S/c1-9-29-55(30-10-1)83(56-31-11-2-12-32-56)63-49-72-77-73(50-63)86(60-39-19-6-20-40-60)70-54-68-71(53-67(70)81(77)66-46-26-27-47-69(66)85(72)59-37-17-5-18-38-59)87(61-41-21-7-22-42-61)74-51-64(84(57-33-13-3-14-34-57)58-35-15-4-16-36-58)52-75-78(74)82(68)80-79(65-45-25-28-48-76(65)89-80)88(75)62-43-23-8-24-44-62/h1-54H. The van der Waals surface area contributed by atoms with Crippen molar-refractivity contribution in [3.05, 3.63) is 328 Å². The summed E-state index contributed by atoms with van der Waals surface area (Å²) in [5.41, 5.74) is 26.4. The SMILES string of the molecule is c1ccc(N(c2ccccc2)c2cc3c4c(c2)N(c2ccccc2)c2cc5c(cc2B4c2ccccc2N3c2ccccc2)N(c2ccccc2)c2cc(N(c3ccccc3)c3ccccc3)cc3c2B5c2sc4ccccc4c2N3c2ccccc2)cc1. The smallest absolute Gasteiger partial charge is 0.264 e. The van der Waals surface area contributed by atoms with E-state index in [0.717, 1.165) is 96.7 Å². The van der Waals surface area contributed by atoms with Gasteiger partial charge in [0.15, 0.2) is 0 Å². The van der Waals surface area contributed by atoms with Gasteiger partial charge in [0.1, 0.15) is 0 Å². The van der Waals surface area contributed by atoms with Gasteiger partial charge in [-0.1, -0.05) is 182 Å². The molecule has 5 heterocycles. The average Bonchev–Trinajstić information content (AvgIpc) is 1.63. The number of fused-ring (bicyclic) bond motifs is 10. The Labute approximate surface area is 523 Å². The van der Waals surface area contributed by atoms with Crippen LogP contribution in [0.3, 0.4) is 0 Å². The summed E-state index contributed by atoms with van der Waals surface area (Å²) in [6.45, 7) is -0.330. The van der Waals surface area contributed by atoms with Crippen molar-refractivity contribution < 1.29 is 0 Å². The zero-order valence-electron chi connectivity index (χ0n) is 48.4. The third-order valence-corrected chi connectivity index (χ3v) is 19.5. The summed E-state index contributed by atoms with van der Waals surface area (Å²) in [5, 5.41) is 1.24. The highest BCUT2D eigenvalue weighted by atomic mass is 32.1. The highest BCUT2D eigenvalue weighted by molar-refractivity contribution is 7.33. The van der Waals surface area contributed by atoms with Gasteiger partial charge in [-0.3, -0.25) is 0 Å². The zero-order chi connectivity index (χ0) is 58.5. The molecule has 4 aliphatic heterocycles. The maximum Gasteiger partial charge on any atom is 0.264 e. The van der Waals surface area contributed by atoms with E-state index in [0.29, 0.717) is 0 Å². The minimum absolute atomic E-state index is 0.164. The van der Waals surface area contributed by atoms with Crippen LogP contribution in [0.15, 0.2) is 328 Å². The van der Waals surface area contributed by atoms with E-state index in [4.69, 9.17) is 0 Å². The second-order valence-electron chi connectivity index (χ2n) is 23.2. The van der Waals surface area contributed by atoms with Crippen LogP contribution in [0.25, 0.3) is 10.1 Å². The van der Waals surface area contributed by atoms with Crippen molar-refractivity contribution in [2.45, 2.75) is 0 Å². The minimum atomic E-state index is -0.167. The first-order valence-corrected chi connectivity index (χ1v) is 31.4. The van der Waals surface area contributed by atoms with Crippen LogP contribution in [-0.4, -0.2) is 13.4 Å². The molecule has 0 saturated carbocycles. The number of benzene rings is 13. The van der Waals surface area contributed by atoms with E-state index in [1.54, 1.807) is 0 Å². The monoisotopic (exact) mass is 1150 g/mol. The highest BCUT2D eigenvalue weighted by Gasteiger charge is 2.50. The Morgan fingerprint density at radius 1 is 0.247 bits per heavy atom. The van der Waals surface area contributed by atoms with Gasteiger partial charge in [-0.15, -0.1) is 11.3 Å². The molecule has 0 saturated heterocycles. The highest BCUT2D eigenvalue weighted by Crippen LogP contribution is 2.53. The van der Waals surface area contributed by atoms with E-state index in [1.807, 2.05) is 11.3 Å². The van der Waals surface area contributed by atoms with Gasteiger partial charge in [0, 0.05) is 100 Å². The number of nitrogens with zero attached hydrogens (tertiary/aromatic N) is 6. The van der Waals surface area contributed by atoms with E-state index < -0.39 is 0 Å². The largest absolute Gasteiger partial charge is 0.311 e. The first-order chi connectivity index (χ1) is 44.2. The lowest BCUT2D eigenvalue weighted by molar-refractivity contribution is 1.22. The Bertz CT molecular complexity index is 4920. The summed E-state index contributed by atoms with van der Waals surface area (Å²) in [6.07, 6.45) is 0. The fraction of sp³-hybridized carbons (Fsp3) is 0. The maximum absolute atomic E-state index is 2.61. The molecule has 89 heavy (non-hydrogen) atoms. The third-order valence-electron chi connectivity index (χ3n) is 18.3. The molecule has 0 amide bonds. The molecular weight excluding hydrogens is 1100 g/mol. The predicted molar refractivity (Wildman–Crippen MR) is 379 cm³/mol. The normalized spacial score (nSPS) is 13.0. The molecule has 4 aliphatic rings. The van der Waals surface area contributed by atoms with E-state index in [-0.39, 0.29) is 13.4 Å². The molecule has 6 nitrogen and oxygen atoms in total. The number of hydrogen-bond donors (Lipinski definition) is 0. The van der Waals surface area contributed by atoms with Gasteiger partial charge in [0.25, 0.3) is 13.4 Å². The molecular formula is C80H54B2N6S. The quantitative estimate of drug-likeness (QED) is 0.126. The van der Waals surface area contributed by atoms with Crippen LogP contribution >= 0.6 is 11.3 Å². The number of para-hydroxylation sites is 9. The van der Waals surface area contributed by atoms with Crippen LogP contribution in [-0.2, 0) is 0 Å². The van der Waals surface area contributed by atoms with Gasteiger partial charge in [-0.25, -0.2) is 0 Å². The number of hydrogen-bond acceptors (Lipinski definition) is 7. The van der Waals surface area contributed by atoms with Crippen molar-refractivity contribution in [1.29, 1.82) is 0 Å². The molecule has 0 radical (unpaired) electrons. The molecule has 0 fully saturated rings. The van der Waals surface area contributed by atoms with Gasteiger partial charge in [0.2, 0.25) is 0 Å². The number of thiophene rings is 1. The number of anilines is 18. The summed E-state index contributed by atoms with van der Waals surface area (Å²) >= 11 is 1.94. The second kappa shape index (κ2) is 20.7. The minimum Gasteiger partial charge on any atom is -0.311 e. The average molecular weight is 1150 g/mol. The van der Waals surface area contributed by atoms with Gasteiger partial charge in [-0.05, 0) is 173 Å². The van der Waals surface area contributed by atoms with Crippen molar-refractivity contribution in [3.63, 3.8) is 0 Å². The van der Waals surface area contributed by atoms with Crippen molar-refractivity contribution >= 4 is 169 Å². The van der Waals surface area contributed by atoms with Crippen LogP contribution in [0.1, 0.15) is 0 Å². The summed E-state index contributed by atoms with van der Waals surface area (Å²) in [6, 6.07) is 121. The second-order valence-corrected chi connectivity index (χ2v) is 24.3. The Balaban J connectivity index is 0.977. The third kappa shape index (κ3) is 8.05. The van der Waals surface area contributed by atoms with Crippen molar-refractivity contribution in [1.82, 2.24) is 0 Å². The Morgan fingerprint density at radius 3 is 1.01 bits per heavy atom. The van der Waals surface area contributed by atoms with E-state index >= 15 is 0 Å². The Hall–Kier alpha value is -11.3. The van der Waals surface area contributed by atoms with Gasteiger partial charge < -0.3 is 29.4 Å². The Kier molecular flexibility index (Phi) is 11.9. The summed E-state index contributed by atoms with van der Waals surface area (Å²) in [7, 11) is 0. The molecule has 9 heteroatoms. The molecule has 0 aliphatic carbocycles. The van der Waals surface area contributed by atoms with Crippen LogP contribution in [0, 0.1) is 0 Å². The summed E-state index contributed by atoms with van der Waals surface area (Å²) in [4.78, 5) is 15.1. The molecule has 416 valence electrons. The van der Waals surface area contributed by atoms with Crippen molar-refractivity contribution in [3.8, 4) is 0 Å². The molecule has 18 rings (SSSR count).